The lowest BCUT2D eigenvalue weighted by Gasteiger charge is -2.19. The van der Waals surface area contributed by atoms with Crippen molar-refractivity contribution in [1.29, 1.82) is 0 Å². The van der Waals surface area contributed by atoms with E-state index in [1.54, 1.807) is 6.20 Å². The monoisotopic (exact) mass is 372 g/mol. The average molecular weight is 373 g/mol. The molecule has 4 rings (SSSR count). The zero-order chi connectivity index (χ0) is 17.9. The quantitative estimate of drug-likeness (QED) is 0.762. The summed E-state index contributed by atoms with van der Waals surface area (Å²) in [4.78, 5) is 20.1. The van der Waals surface area contributed by atoms with Crippen LogP contribution in [0.1, 0.15) is 42.1 Å². The van der Waals surface area contributed by atoms with Gasteiger partial charge in [-0.25, -0.2) is 4.98 Å². The van der Waals surface area contributed by atoms with Crippen LogP contribution in [0.25, 0.3) is 0 Å². The third kappa shape index (κ3) is 3.81. The van der Waals surface area contributed by atoms with Crippen molar-refractivity contribution in [3.63, 3.8) is 0 Å². The predicted octanol–water partition coefficient (Wildman–Crippen LogP) is 2.56. The van der Waals surface area contributed by atoms with Gasteiger partial charge in [0, 0.05) is 36.8 Å². The van der Waals surface area contributed by atoms with Crippen LogP contribution in [-0.4, -0.2) is 28.5 Å². The largest absolute Gasteiger partial charge is 0.471 e. The van der Waals surface area contributed by atoms with Gasteiger partial charge in [0.05, 0.1) is 5.69 Å². The first kappa shape index (κ1) is 17.2. The van der Waals surface area contributed by atoms with E-state index >= 15 is 0 Å². The lowest BCUT2D eigenvalue weighted by molar-refractivity contribution is -0.119. The van der Waals surface area contributed by atoms with Crippen molar-refractivity contribution < 1.29 is 9.53 Å². The van der Waals surface area contributed by atoms with E-state index in [0.717, 1.165) is 37.1 Å². The van der Waals surface area contributed by atoms with E-state index < -0.39 is 0 Å². The van der Waals surface area contributed by atoms with Gasteiger partial charge in [0.25, 0.3) is 0 Å². The number of halogens is 1. The minimum Gasteiger partial charge on any atom is -0.471 e. The number of aromatic nitrogens is 2. The first-order valence-electron chi connectivity index (χ1n) is 8.94. The summed E-state index contributed by atoms with van der Waals surface area (Å²) < 4.78 is 5.97. The van der Waals surface area contributed by atoms with Gasteiger partial charge in [-0.3, -0.25) is 9.78 Å². The van der Waals surface area contributed by atoms with Crippen LogP contribution in [0.4, 0.5) is 0 Å². The Bertz CT molecular complexity index is 800. The molecule has 2 N–H and O–H groups in total. The van der Waals surface area contributed by atoms with Crippen LogP contribution in [0.3, 0.4) is 0 Å². The molecule has 1 aliphatic carbocycles. The number of carbonyl (C=O) groups is 1. The molecule has 0 saturated carbocycles. The second-order valence-corrected chi connectivity index (χ2v) is 7.12. The molecular formula is C19H21ClN4O2. The Hall–Kier alpha value is -2.18. The van der Waals surface area contributed by atoms with Crippen molar-refractivity contribution in [2.45, 2.75) is 44.4 Å². The first-order chi connectivity index (χ1) is 12.7. The maximum atomic E-state index is 11.4. The van der Waals surface area contributed by atoms with Gasteiger partial charge in [0.2, 0.25) is 11.8 Å². The van der Waals surface area contributed by atoms with Gasteiger partial charge in [0.15, 0.2) is 0 Å². The number of nitrogens with zero attached hydrogens (tertiary/aromatic N) is 2. The number of fused-ring (bicyclic) bond motifs is 1. The molecule has 0 aromatic carbocycles. The molecule has 26 heavy (non-hydrogen) atoms. The molecule has 0 radical (unpaired) electrons. The molecule has 2 aromatic rings. The maximum absolute atomic E-state index is 11.4. The van der Waals surface area contributed by atoms with Crippen molar-refractivity contribution >= 4 is 17.5 Å². The van der Waals surface area contributed by atoms with Gasteiger partial charge in [-0.1, -0.05) is 17.7 Å². The minimum atomic E-state index is 0.136. The molecule has 1 amide bonds. The Balaban J connectivity index is 1.48. The smallest absolute Gasteiger partial charge is 0.220 e. The molecule has 1 fully saturated rings. The molecule has 7 heteroatoms. The number of aryl methyl sites for hydroxylation is 1. The maximum Gasteiger partial charge on any atom is 0.220 e. The molecule has 1 aliphatic heterocycles. The van der Waals surface area contributed by atoms with Crippen molar-refractivity contribution in [2.24, 2.45) is 0 Å². The minimum absolute atomic E-state index is 0.136. The Morgan fingerprint density at radius 1 is 1.31 bits per heavy atom. The second kappa shape index (κ2) is 7.60. The number of ether oxygens (including phenoxy) is 1. The third-order valence-electron chi connectivity index (χ3n) is 4.91. The molecule has 2 aromatic heterocycles. The van der Waals surface area contributed by atoms with E-state index in [0.29, 0.717) is 24.1 Å². The van der Waals surface area contributed by atoms with Crippen LogP contribution >= 0.6 is 11.6 Å². The number of pyridine rings is 2. The summed E-state index contributed by atoms with van der Waals surface area (Å²) in [6.07, 6.45) is 5.15. The molecule has 1 unspecified atom stereocenters. The normalized spacial score (nSPS) is 21.5. The number of nitrogens with one attached hydrogen (secondary N) is 2. The first-order valence-corrected chi connectivity index (χ1v) is 9.31. The van der Waals surface area contributed by atoms with Crippen molar-refractivity contribution in [3.05, 3.63) is 52.4 Å². The standard InChI is InChI=1S/C19H21ClN4O2/c20-16-9-12-4-6-15(22-10-13-5-7-17(25)23-13)18(12)19(24-16)26-11-14-3-1-2-8-21-14/h1-3,8-9,13,15,22H,4-7,10-11H2,(H,23,25)/t13-,15?/m0/s1. The van der Waals surface area contributed by atoms with Crippen LogP contribution < -0.4 is 15.4 Å². The van der Waals surface area contributed by atoms with Gasteiger partial charge in [0.1, 0.15) is 11.8 Å². The van der Waals surface area contributed by atoms with Crippen LogP contribution in [0, 0.1) is 0 Å². The van der Waals surface area contributed by atoms with Gasteiger partial charge < -0.3 is 15.4 Å². The van der Waals surface area contributed by atoms with Crippen molar-refractivity contribution in [2.75, 3.05) is 6.54 Å². The number of hydrogen-bond donors (Lipinski definition) is 2. The van der Waals surface area contributed by atoms with Crippen LogP contribution in [-0.2, 0) is 17.8 Å². The second-order valence-electron chi connectivity index (χ2n) is 6.74. The van der Waals surface area contributed by atoms with Gasteiger partial charge in [-0.05, 0) is 43.0 Å². The summed E-state index contributed by atoms with van der Waals surface area (Å²) in [6, 6.07) is 8.01. The van der Waals surface area contributed by atoms with Crippen LogP contribution in [0.15, 0.2) is 30.5 Å². The highest BCUT2D eigenvalue weighted by molar-refractivity contribution is 6.29. The fourth-order valence-corrected chi connectivity index (χ4v) is 3.84. The molecular weight excluding hydrogens is 352 g/mol. The van der Waals surface area contributed by atoms with E-state index in [4.69, 9.17) is 16.3 Å². The lowest BCUT2D eigenvalue weighted by Crippen LogP contribution is -2.37. The van der Waals surface area contributed by atoms with Crippen molar-refractivity contribution in [3.8, 4) is 5.88 Å². The highest BCUT2D eigenvalue weighted by atomic mass is 35.5. The predicted molar refractivity (Wildman–Crippen MR) is 98.0 cm³/mol. The molecule has 1 saturated heterocycles. The Morgan fingerprint density at radius 3 is 3.00 bits per heavy atom. The summed E-state index contributed by atoms with van der Waals surface area (Å²) in [5, 5.41) is 7.01. The van der Waals surface area contributed by atoms with E-state index in [1.807, 2.05) is 24.3 Å². The summed E-state index contributed by atoms with van der Waals surface area (Å²) in [5.74, 6) is 0.708. The van der Waals surface area contributed by atoms with Gasteiger partial charge in [-0.15, -0.1) is 0 Å². The lowest BCUT2D eigenvalue weighted by atomic mass is 10.1. The number of hydrogen-bond acceptors (Lipinski definition) is 5. The van der Waals surface area contributed by atoms with E-state index in [2.05, 4.69) is 20.6 Å². The zero-order valence-electron chi connectivity index (χ0n) is 14.4. The van der Waals surface area contributed by atoms with Gasteiger partial charge in [-0.2, -0.15) is 0 Å². The molecule has 0 spiro atoms. The van der Waals surface area contributed by atoms with E-state index in [-0.39, 0.29) is 18.0 Å². The fraction of sp³-hybridized carbons (Fsp3) is 0.421. The van der Waals surface area contributed by atoms with Gasteiger partial charge >= 0.3 is 0 Å². The van der Waals surface area contributed by atoms with E-state index in [9.17, 15) is 4.79 Å². The topological polar surface area (TPSA) is 76.1 Å². The zero-order valence-corrected chi connectivity index (χ0v) is 15.1. The van der Waals surface area contributed by atoms with E-state index in [1.165, 1.54) is 5.56 Å². The molecule has 6 nitrogen and oxygen atoms in total. The van der Waals surface area contributed by atoms with Crippen molar-refractivity contribution in [1.82, 2.24) is 20.6 Å². The summed E-state index contributed by atoms with van der Waals surface area (Å²) >= 11 is 6.18. The fourth-order valence-electron chi connectivity index (χ4n) is 3.63. The molecule has 2 aliphatic rings. The average Bonchev–Trinajstić information content (AvgIpc) is 3.24. The van der Waals surface area contributed by atoms with Crippen LogP contribution in [0.2, 0.25) is 5.15 Å². The Kier molecular flexibility index (Phi) is 5.04. The molecule has 3 heterocycles. The number of rotatable bonds is 6. The molecule has 136 valence electrons. The highest BCUT2D eigenvalue weighted by Crippen LogP contribution is 2.38. The number of amides is 1. The molecule has 2 atom stereocenters. The third-order valence-corrected chi connectivity index (χ3v) is 5.10. The summed E-state index contributed by atoms with van der Waals surface area (Å²) in [5.41, 5.74) is 3.10. The number of carbonyl (C=O) groups excluding carboxylic acids is 1. The molecule has 0 bridgehead atoms. The SMILES string of the molecule is O=C1CC[C@@H](CNC2CCc3cc(Cl)nc(OCc4ccccn4)c32)N1. The highest BCUT2D eigenvalue weighted by Gasteiger charge is 2.29. The Morgan fingerprint density at radius 2 is 2.23 bits per heavy atom. The summed E-state index contributed by atoms with van der Waals surface area (Å²) in [7, 11) is 0. The Labute approximate surface area is 157 Å². The van der Waals surface area contributed by atoms with Crippen LogP contribution in [0.5, 0.6) is 5.88 Å². The summed E-state index contributed by atoms with van der Waals surface area (Å²) in [6.45, 7) is 1.10.